The van der Waals surface area contributed by atoms with Crippen LogP contribution < -0.4 is 24.8 Å². The molecule has 5 rings (SSSR count). The Hall–Kier alpha value is -1.31. The Balaban J connectivity index is 0.00000180. The predicted octanol–water partition coefficient (Wildman–Crippen LogP) is 2.66. The Labute approximate surface area is 238 Å². The number of benzene rings is 3. The molecule has 0 radical (unpaired) electrons. The van der Waals surface area contributed by atoms with Crippen molar-refractivity contribution >= 4 is 11.3 Å². The zero-order chi connectivity index (χ0) is 24.2. The minimum Gasteiger partial charge on any atom is -1.00 e. The zero-order valence-corrected chi connectivity index (χ0v) is 27.4. The Kier molecular flexibility index (Phi) is 9.10. The Morgan fingerprint density at radius 3 is 1.72 bits per heavy atom. The summed E-state index contributed by atoms with van der Waals surface area (Å²) in [5.74, 6) is 0.552. The molecule has 0 aromatic heterocycles. The topological polar surface area (TPSA) is 0 Å². The van der Waals surface area contributed by atoms with Crippen LogP contribution >= 0.6 is 0 Å². The second-order valence-electron chi connectivity index (χ2n) is 11.2. The predicted molar refractivity (Wildman–Crippen MR) is 148 cm³/mol. The van der Waals surface area contributed by atoms with Gasteiger partial charge in [-0.3, -0.25) is 0 Å². The molecule has 0 N–H and O–H groups in total. The number of fused-ring (bicyclic) bond motifs is 3. The van der Waals surface area contributed by atoms with Crippen molar-refractivity contribution in [2.75, 3.05) is 0 Å². The van der Waals surface area contributed by atoms with E-state index in [-0.39, 0.29) is 24.8 Å². The third kappa shape index (κ3) is 5.04. The summed E-state index contributed by atoms with van der Waals surface area (Å²) < 4.78 is 4.05. The normalized spacial score (nSPS) is 17.0. The molecule has 36 heavy (non-hydrogen) atoms. The van der Waals surface area contributed by atoms with Gasteiger partial charge in [0.25, 0.3) is 0 Å². The van der Waals surface area contributed by atoms with Crippen LogP contribution in [0.3, 0.4) is 0 Å². The molecule has 0 spiro atoms. The molecule has 0 saturated carbocycles. The van der Waals surface area contributed by atoms with Crippen molar-refractivity contribution in [3.8, 4) is 11.1 Å². The van der Waals surface area contributed by atoms with Crippen LogP contribution in [0.5, 0.6) is 0 Å². The Morgan fingerprint density at radius 1 is 0.750 bits per heavy atom. The molecular formula is C32H36Cl2SiZr. The fourth-order valence-electron chi connectivity index (χ4n) is 6.20. The van der Waals surface area contributed by atoms with Crippen LogP contribution in [0, 0.1) is 12.8 Å². The van der Waals surface area contributed by atoms with Gasteiger partial charge in [-0.25, -0.2) is 0 Å². The maximum atomic E-state index is 2.65. The van der Waals surface area contributed by atoms with E-state index in [0.29, 0.717) is 9.54 Å². The smallest absolute Gasteiger partial charge is 1.00 e. The van der Waals surface area contributed by atoms with Crippen molar-refractivity contribution in [1.29, 1.82) is 0 Å². The molecule has 0 heterocycles. The molecule has 0 aliphatic heterocycles. The van der Waals surface area contributed by atoms with Crippen molar-refractivity contribution in [3.05, 3.63) is 115 Å². The van der Waals surface area contributed by atoms with Gasteiger partial charge in [0.15, 0.2) is 0 Å². The summed E-state index contributed by atoms with van der Waals surface area (Å²) in [7, 11) is -1.40. The van der Waals surface area contributed by atoms with Crippen LogP contribution in [-0.2, 0) is 21.3 Å². The quantitative estimate of drug-likeness (QED) is 0.399. The Bertz CT molecular complexity index is 1330. The largest absolute Gasteiger partial charge is 1.00 e. The van der Waals surface area contributed by atoms with Gasteiger partial charge in [0.05, 0.1) is 0 Å². The van der Waals surface area contributed by atoms with Crippen molar-refractivity contribution < 1.29 is 46.1 Å². The summed E-state index contributed by atoms with van der Waals surface area (Å²) in [5.41, 5.74) is 10.5. The van der Waals surface area contributed by atoms with Gasteiger partial charge in [0, 0.05) is 0 Å². The molecule has 3 aromatic rings. The van der Waals surface area contributed by atoms with E-state index < -0.39 is 29.3 Å². The molecule has 0 bridgehead atoms. The number of rotatable bonds is 4. The SMILES string of the molecule is CC1=[C](/[Zr+2](=[C](\C)c2ccc(C)cc2)[CH]2c3ccccc3-c3ccccc32)C(C)C=C1[Si](C)(C)C.[Cl-].[Cl-]. The molecule has 1 unspecified atom stereocenters. The minimum atomic E-state index is -2.42. The van der Waals surface area contributed by atoms with Crippen LogP contribution in [0.15, 0.2) is 92.9 Å². The van der Waals surface area contributed by atoms with Crippen LogP contribution in [0.25, 0.3) is 11.1 Å². The average molecular weight is 611 g/mol. The summed E-state index contributed by atoms with van der Waals surface area (Å²) in [6.45, 7) is 17.1. The maximum absolute atomic E-state index is 2.65. The van der Waals surface area contributed by atoms with E-state index in [1.54, 1.807) is 25.1 Å². The van der Waals surface area contributed by atoms with E-state index in [1.165, 1.54) is 22.3 Å². The molecule has 3 aromatic carbocycles. The third-order valence-electron chi connectivity index (χ3n) is 7.79. The van der Waals surface area contributed by atoms with Gasteiger partial charge >= 0.3 is 216 Å². The second-order valence-corrected chi connectivity index (χ2v) is 22.8. The van der Waals surface area contributed by atoms with Gasteiger partial charge < -0.3 is 24.8 Å². The molecule has 0 saturated heterocycles. The van der Waals surface area contributed by atoms with Gasteiger partial charge in [0.1, 0.15) is 0 Å². The molecule has 2 aliphatic carbocycles. The Morgan fingerprint density at radius 2 is 1.25 bits per heavy atom. The summed E-state index contributed by atoms with van der Waals surface area (Å²) in [4.78, 5) is 0. The number of aryl methyl sites for hydroxylation is 1. The maximum Gasteiger partial charge on any atom is -1.00 e. The first-order valence-corrected chi connectivity index (χ1v) is 20.0. The first-order chi connectivity index (χ1) is 16.2. The fraction of sp³-hybridized carbons (Fsp3) is 0.281. The van der Waals surface area contributed by atoms with E-state index in [1.807, 2.05) is 3.28 Å². The number of halogens is 2. The van der Waals surface area contributed by atoms with Gasteiger partial charge in [-0.05, 0) is 0 Å². The van der Waals surface area contributed by atoms with Crippen LogP contribution in [0.4, 0.5) is 0 Å². The molecule has 186 valence electrons. The monoisotopic (exact) mass is 608 g/mol. The van der Waals surface area contributed by atoms with E-state index in [4.69, 9.17) is 0 Å². The van der Waals surface area contributed by atoms with E-state index in [2.05, 4.69) is 126 Å². The summed E-state index contributed by atoms with van der Waals surface area (Å²) in [6, 6.07) is 27.8. The van der Waals surface area contributed by atoms with Crippen LogP contribution in [0.1, 0.15) is 46.7 Å². The molecule has 0 amide bonds. The van der Waals surface area contributed by atoms with Crippen LogP contribution in [0.2, 0.25) is 19.6 Å². The summed E-state index contributed by atoms with van der Waals surface area (Å²) in [5, 5.41) is 1.70. The first-order valence-electron chi connectivity index (χ1n) is 12.6. The van der Waals surface area contributed by atoms with E-state index >= 15 is 0 Å². The van der Waals surface area contributed by atoms with Crippen molar-refractivity contribution in [2.24, 2.45) is 5.92 Å². The first kappa shape index (κ1) is 29.2. The van der Waals surface area contributed by atoms with Gasteiger partial charge in [-0.1, -0.05) is 0 Å². The van der Waals surface area contributed by atoms with Gasteiger partial charge in [-0.15, -0.1) is 0 Å². The molecule has 2 aliphatic rings. The summed E-state index contributed by atoms with van der Waals surface area (Å²) >= 11 is -2.42. The number of hydrogen-bond acceptors (Lipinski definition) is 0. The number of allylic oxidation sites excluding steroid dienone is 4. The standard InChI is InChI=1S/C13H9.C10H17Si.C9H10.2ClH.Zr/c1-3-7-12-10(5-1)9-11-6-2-4-8-13(11)12;1-8-6-9(2)10(7-8)11(3,4)5;1-3-9-6-4-8(2)5-7-9;;;/h1-9H;7-8H,1-5H3;4-7H,1-2H3;2*1H;/q;;;;;+2/p-2. The fourth-order valence-corrected chi connectivity index (χ4v) is 18.0. The van der Waals surface area contributed by atoms with Crippen molar-refractivity contribution in [3.63, 3.8) is 0 Å². The molecule has 4 heteroatoms. The zero-order valence-electron chi connectivity index (χ0n) is 22.4. The van der Waals surface area contributed by atoms with E-state index in [0.717, 1.165) is 0 Å². The molecule has 0 nitrogen and oxygen atoms in total. The minimum absolute atomic E-state index is 0. The average Bonchev–Trinajstić information content (AvgIpc) is 3.30. The van der Waals surface area contributed by atoms with E-state index in [9.17, 15) is 0 Å². The summed E-state index contributed by atoms with van der Waals surface area (Å²) in [6.07, 6.45) is 2.65. The van der Waals surface area contributed by atoms with Crippen LogP contribution in [-0.4, -0.2) is 11.3 Å². The molecule has 1 atom stereocenters. The van der Waals surface area contributed by atoms with Gasteiger partial charge in [-0.2, -0.15) is 0 Å². The third-order valence-corrected chi connectivity index (χ3v) is 19.1. The van der Waals surface area contributed by atoms with Crippen molar-refractivity contribution in [2.45, 2.75) is 51.0 Å². The molecule has 0 fully saturated rings. The van der Waals surface area contributed by atoms with Gasteiger partial charge in [0.2, 0.25) is 0 Å². The second kappa shape index (κ2) is 11.2. The van der Waals surface area contributed by atoms with Crippen molar-refractivity contribution in [1.82, 2.24) is 0 Å². The molecular weight excluding hydrogens is 575 g/mol. The number of hydrogen-bond donors (Lipinski definition) is 0.